The van der Waals surface area contributed by atoms with Gasteiger partial charge in [-0.15, -0.1) is 0 Å². The summed E-state index contributed by atoms with van der Waals surface area (Å²) in [5, 5.41) is 3.55. The van der Waals surface area contributed by atoms with Gasteiger partial charge in [-0.1, -0.05) is 36.4 Å². The Balaban J connectivity index is 1.97. The largest absolute Gasteiger partial charge is 0.309 e. The number of halogens is 1. The zero-order valence-corrected chi connectivity index (χ0v) is 11.1. The topological polar surface area (TPSA) is 12.0 Å². The molecular weight excluding hydrogens is 237 g/mol. The normalized spacial score (nSPS) is 22.6. The summed E-state index contributed by atoms with van der Waals surface area (Å²) in [7, 11) is 0. The van der Waals surface area contributed by atoms with Gasteiger partial charge in [0.05, 0.1) is 0 Å². The Morgan fingerprint density at radius 3 is 2.68 bits per heavy atom. The SMILES string of the molecule is Cc1ccc(F)cc1C1CCNC1c1ccccc1. The van der Waals surface area contributed by atoms with E-state index in [0.717, 1.165) is 18.5 Å². The van der Waals surface area contributed by atoms with Crippen molar-refractivity contribution in [1.82, 2.24) is 5.32 Å². The fourth-order valence-corrected chi connectivity index (χ4v) is 3.06. The minimum Gasteiger partial charge on any atom is -0.309 e. The summed E-state index contributed by atoms with van der Waals surface area (Å²) in [6.45, 7) is 3.05. The minimum absolute atomic E-state index is 0.140. The van der Waals surface area contributed by atoms with E-state index >= 15 is 0 Å². The van der Waals surface area contributed by atoms with Gasteiger partial charge in [0.2, 0.25) is 0 Å². The maximum Gasteiger partial charge on any atom is 0.123 e. The highest BCUT2D eigenvalue weighted by molar-refractivity contribution is 5.35. The maximum atomic E-state index is 13.5. The van der Waals surface area contributed by atoms with Crippen LogP contribution < -0.4 is 5.32 Å². The van der Waals surface area contributed by atoms with Gasteiger partial charge >= 0.3 is 0 Å². The molecule has 2 atom stereocenters. The molecular formula is C17H18FN. The molecule has 2 aromatic rings. The standard InChI is InChI=1S/C17H18FN/c1-12-7-8-14(18)11-16(12)15-9-10-19-17(15)13-5-3-2-4-6-13/h2-8,11,15,17,19H,9-10H2,1H3. The molecule has 1 saturated heterocycles. The molecule has 1 nitrogen and oxygen atoms in total. The molecule has 0 spiro atoms. The van der Waals surface area contributed by atoms with E-state index in [1.54, 1.807) is 12.1 Å². The molecule has 0 amide bonds. The summed E-state index contributed by atoms with van der Waals surface area (Å²) < 4.78 is 13.5. The molecule has 3 rings (SSSR count). The van der Waals surface area contributed by atoms with E-state index in [9.17, 15) is 4.39 Å². The Morgan fingerprint density at radius 1 is 1.11 bits per heavy atom. The van der Waals surface area contributed by atoms with Gasteiger partial charge in [0.25, 0.3) is 0 Å². The molecule has 0 saturated carbocycles. The van der Waals surface area contributed by atoms with Crippen molar-refractivity contribution in [3.8, 4) is 0 Å². The first-order valence-electron chi connectivity index (χ1n) is 6.80. The first kappa shape index (κ1) is 12.4. The predicted octanol–water partition coefficient (Wildman–Crippen LogP) is 3.95. The van der Waals surface area contributed by atoms with Crippen molar-refractivity contribution in [1.29, 1.82) is 0 Å². The Hall–Kier alpha value is -1.67. The molecule has 1 fully saturated rings. The van der Waals surface area contributed by atoms with E-state index in [-0.39, 0.29) is 5.82 Å². The number of hydrogen-bond acceptors (Lipinski definition) is 1. The summed E-state index contributed by atoms with van der Waals surface area (Å²) in [5.74, 6) is 0.220. The third-order valence-corrected chi connectivity index (χ3v) is 4.02. The van der Waals surface area contributed by atoms with E-state index in [1.165, 1.54) is 11.1 Å². The van der Waals surface area contributed by atoms with Gasteiger partial charge in [0.1, 0.15) is 5.82 Å². The summed E-state index contributed by atoms with van der Waals surface area (Å²) in [6.07, 6.45) is 1.06. The number of benzene rings is 2. The molecule has 0 bridgehead atoms. The summed E-state index contributed by atoms with van der Waals surface area (Å²) in [6, 6.07) is 15.8. The molecule has 1 aliphatic rings. The summed E-state index contributed by atoms with van der Waals surface area (Å²) in [5.41, 5.74) is 3.60. The van der Waals surface area contributed by atoms with E-state index in [2.05, 4.69) is 36.5 Å². The highest BCUT2D eigenvalue weighted by Crippen LogP contribution is 2.39. The van der Waals surface area contributed by atoms with Crippen LogP contribution in [0.1, 0.15) is 35.1 Å². The van der Waals surface area contributed by atoms with Gasteiger partial charge in [0, 0.05) is 12.0 Å². The van der Waals surface area contributed by atoms with Crippen molar-refractivity contribution >= 4 is 0 Å². The Kier molecular flexibility index (Phi) is 3.34. The van der Waals surface area contributed by atoms with Crippen LogP contribution in [0.5, 0.6) is 0 Å². The third-order valence-electron chi connectivity index (χ3n) is 4.02. The van der Waals surface area contributed by atoms with Crippen LogP contribution >= 0.6 is 0 Å². The summed E-state index contributed by atoms with van der Waals surface area (Å²) >= 11 is 0. The quantitative estimate of drug-likeness (QED) is 0.856. The van der Waals surface area contributed by atoms with Gasteiger partial charge < -0.3 is 5.32 Å². The van der Waals surface area contributed by atoms with E-state index in [0.29, 0.717) is 12.0 Å². The molecule has 1 aliphatic heterocycles. The molecule has 0 radical (unpaired) electrons. The lowest BCUT2D eigenvalue weighted by Gasteiger charge is -2.22. The highest BCUT2D eigenvalue weighted by atomic mass is 19.1. The number of hydrogen-bond donors (Lipinski definition) is 1. The van der Waals surface area contributed by atoms with Crippen molar-refractivity contribution in [3.63, 3.8) is 0 Å². The second-order valence-electron chi connectivity index (χ2n) is 5.24. The Morgan fingerprint density at radius 2 is 1.89 bits per heavy atom. The van der Waals surface area contributed by atoms with Crippen LogP contribution in [0.4, 0.5) is 4.39 Å². The minimum atomic E-state index is -0.140. The monoisotopic (exact) mass is 255 g/mol. The molecule has 0 aromatic heterocycles. The van der Waals surface area contributed by atoms with E-state index in [1.807, 2.05) is 12.1 Å². The number of rotatable bonds is 2. The van der Waals surface area contributed by atoms with Crippen LogP contribution in [0.25, 0.3) is 0 Å². The van der Waals surface area contributed by atoms with Crippen molar-refractivity contribution in [2.75, 3.05) is 6.54 Å². The predicted molar refractivity (Wildman–Crippen MR) is 75.7 cm³/mol. The molecule has 19 heavy (non-hydrogen) atoms. The van der Waals surface area contributed by atoms with Crippen molar-refractivity contribution in [3.05, 3.63) is 71.0 Å². The van der Waals surface area contributed by atoms with Crippen LogP contribution in [0.3, 0.4) is 0 Å². The van der Waals surface area contributed by atoms with Crippen LogP contribution in [0.15, 0.2) is 48.5 Å². The van der Waals surface area contributed by atoms with Gasteiger partial charge in [0.15, 0.2) is 0 Å². The fourth-order valence-electron chi connectivity index (χ4n) is 3.06. The third kappa shape index (κ3) is 2.41. The first-order chi connectivity index (χ1) is 9.25. The van der Waals surface area contributed by atoms with Crippen LogP contribution in [0, 0.1) is 12.7 Å². The molecule has 98 valence electrons. The second-order valence-corrected chi connectivity index (χ2v) is 5.24. The molecule has 0 aliphatic carbocycles. The molecule has 2 unspecified atom stereocenters. The smallest absolute Gasteiger partial charge is 0.123 e. The molecule has 1 heterocycles. The zero-order chi connectivity index (χ0) is 13.2. The molecule has 1 N–H and O–H groups in total. The first-order valence-corrected chi connectivity index (χ1v) is 6.80. The molecule has 2 aromatic carbocycles. The lowest BCUT2D eigenvalue weighted by Crippen LogP contribution is -2.17. The lowest BCUT2D eigenvalue weighted by atomic mass is 9.85. The maximum absolute atomic E-state index is 13.5. The average Bonchev–Trinajstić information content (AvgIpc) is 2.91. The number of nitrogens with one attached hydrogen (secondary N) is 1. The fraction of sp³-hybridized carbons (Fsp3) is 0.294. The average molecular weight is 255 g/mol. The second kappa shape index (κ2) is 5.14. The van der Waals surface area contributed by atoms with Crippen molar-refractivity contribution < 1.29 is 4.39 Å². The van der Waals surface area contributed by atoms with E-state index in [4.69, 9.17) is 0 Å². The Labute approximate surface area is 113 Å². The van der Waals surface area contributed by atoms with Crippen molar-refractivity contribution in [2.45, 2.75) is 25.3 Å². The van der Waals surface area contributed by atoms with Crippen LogP contribution in [0.2, 0.25) is 0 Å². The van der Waals surface area contributed by atoms with Gasteiger partial charge in [-0.3, -0.25) is 0 Å². The van der Waals surface area contributed by atoms with Crippen LogP contribution in [-0.4, -0.2) is 6.54 Å². The summed E-state index contributed by atoms with van der Waals surface area (Å²) in [4.78, 5) is 0. The zero-order valence-electron chi connectivity index (χ0n) is 11.1. The van der Waals surface area contributed by atoms with E-state index < -0.39 is 0 Å². The van der Waals surface area contributed by atoms with Gasteiger partial charge in [-0.05, 0) is 48.7 Å². The van der Waals surface area contributed by atoms with Crippen LogP contribution in [-0.2, 0) is 0 Å². The van der Waals surface area contributed by atoms with Gasteiger partial charge in [-0.25, -0.2) is 4.39 Å². The Bertz CT molecular complexity index is 565. The lowest BCUT2D eigenvalue weighted by molar-refractivity contribution is 0.567. The van der Waals surface area contributed by atoms with Crippen molar-refractivity contribution in [2.24, 2.45) is 0 Å². The van der Waals surface area contributed by atoms with Gasteiger partial charge in [-0.2, -0.15) is 0 Å². The highest BCUT2D eigenvalue weighted by Gasteiger charge is 2.30. The molecule has 2 heteroatoms. The number of aryl methyl sites for hydroxylation is 1.